The van der Waals surface area contributed by atoms with Crippen molar-refractivity contribution >= 4 is 29.7 Å². The monoisotopic (exact) mass is 289 g/mol. The molecular weight excluding hydrogens is 275 g/mol. The molecule has 0 amide bonds. The van der Waals surface area contributed by atoms with Crippen LogP contribution in [0.2, 0.25) is 0 Å². The summed E-state index contributed by atoms with van der Waals surface area (Å²) in [6, 6.07) is 2.43. The first-order valence-corrected chi connectivity index (χ1v) is 6.70. The van der Waals surface area contributed by atoms with Crippen LogP contribution in [0.5, 0.6) is 0 Å². The molecule has 0 bridgehead atoms. The van der Waals surface area contributed by atoms with Crippen molar-refractivity contribution in [2.24, 2.45) is 4.99 Å². The minimum absolute atomic E-state index is 0.0425. The second kappa shape index (κ2) is 5.32. The van der Waals surface area contributed by atoms with Crippen LogP contribution in [0.3, 0.4) is 0 Å². The summed E-state index contributed by atoms with van der Waals surface area (Å²) in [7, 11) is 0. The minimum Gasteiger partial charge on any atom is -0.381 e. The number of fused-ring (bicyclic) bond motifs is 1. The molecule has 1 heterocycles. The highest BCUT2D eigenvalue weighted by molar-refractivity contribution is 7.98. The molecule has 1 aromatic carbocycles. The standard InChI is InChI=1S/C12H14F3N3S/c1-3-7(2)18-10-8(12(13,14)15)4-5-9-11(10)19-17-6-16-9/h4-7,18H,3H2,1-2H3,(H,16,17). The van der Waals surface area contributed by atoms with Gasteiger partial charge in [-0.1, -0.05) is 6.92 Å². The molecule has 1 aromatic rings. The zero-order valence-electron chi connectivity index (χ0n) is 10.5. The van der Waals surface area contributed by atoms with E-state index in [1.807, 2.05) is 13.8 Å². The Kier molecular flexibility index (Phi) is 3.93. The molecule has 0 spiro atoms. The number of anilines is 1. The Morgan fingerprint density at radius 2 is 2.16 bits per heavy atom. The van der Waals surface area contributed by atoms with Crippen molar-refractivity contribution in [3.8, 4) is 0 Å². The van der Waals surface area contributed by atoms with Gasteiger partial charge < -0.3 is 10.0 Å². The average Bonchev–Trinajstić information content (AvgIpc) is 2.37. The largest absolute Gasteiger partial charge is 0.418 e. The number of rotatable bonds is 3. The van der Waals surface area contributed by atoms with E-state index in [-0.39, 0.29) is 11.7 Å². The van der Waals surface area contributed by atoms with Gasteiger partial charge >= 0.3 is 6.18 Å². The summed E-state index contributed by atoms with van der Waals surface area (Å²) >= 11 is 1.14. The molecule has 0 fully saturated rings. The molecule has 104 valence electrons. The number of nitrogens with one attached hydrogen (secondary N) is 2. The Morgan fingerprint density at radius 3 is 2.79 bits per heavy atom. The van der Waals surface area contributed by atoms with Gasteiger partial charge in [-0.25, -0.2) is 4.99 Å². The Morgan fingerprint density at radius 1 is 1.42 bits per heavy atom. The summed E-state index contributed by atoms with van der Waals surface area (Å²) in [5.74, 6) is 0. The smallest absolute Gasteiger partial charge is 0.381 e. The zero-order chi connectivity index (χ0) is 14.0. The lowest BCUT2D eigenvalue weighted by Crippen LogP contribution is -2.19. The number of hydrogen-bond donors (Lipinski definition) is 2. The van der Waals surface area contributed by atoms with Gasteiger partial charge in [0.2, 0.25) is 0 Å². The molecule has 19 heavy (non-hydrogen) atoms. The maximum Gasteiger partial charge on any atom is 0.418 e. The van der Waals surface area contributed by atoms with E-state index in [1.54, 1.807) is 0 Å². The quantitative estimate of drug-likeness (QED) is 0.819. The third-order valence-corrected chi connectivity index (χ3v) is 3.70. The van der Waals surface area contributed by atoms with Gasteiger partial charge in [0.25, 0.3) is 0 Å². The SMILES string of the molecule is CCC(C)Nc1c(C(F)(F)F)ccc2c1SNC=N2. The Hall–Kier alpha value is -1.37. The highest BCUT2D eigenvalue weighted by atomic mass is 32.2. The average molecular weight is 289 g/mol. The molecule has 0 aliphatic carbocycles. The van der Waals surface area contributed by atoms with Gasteiger partial charge in [-0.15, -0.1) is 0 Å². The summed E-state index contributed by atoms with van der Waals surface area (Å²) in [4.78, 5) is 4.53. The molecule has 1 atom stereocenters. The van der Waals surface area contributed by atoms with Crippen LogP contribution in [0.25, 0.3) is 0 Å². The van der Waals surface area contributed by atoms with Gasteiger partial charge in [0.15, 0.2) is 0 Å². The van der Waals surface area contributed by atoms with E-state index in [9.17, 15) is 13.2 Å². The highest BCUT2D eigenvalue weighted by Crippen LogP contribution is 2.45. The number of hydrogen-bond acceptors (Lipinski definition) is 4. The van der Waals surface area contributed by atoms with E-state index in [0.29, 0.717) is 10.6 Å². The highest BCUT2D eigenvalue weighted by Gasteiger charge is 2.36. The Bertz CT molecular complexity index is 500. The summed E-state index contributed by atoms with van der Waals surface area (Å²) < 4.78 is 42.0. The van der Waals surface area contributed by atoms with E-state index in [4.69, 9.17) is 0 Å². The van der Waals surface area contributed by atoms with Crippen LogP contribution in [0.4, 0.5) is 24.5 Å². The Labute approximate surface area is 113 Å². The van der Waals surface area contributed by atoms with E-state index in [0.717, 1.165) is 24.4 Å². The van der Waals surface area contributed by atoms with Crippen molar-refractivity contribution in [2.75, 3.05) is 5.32 Å². The second-order valence-corrected chi connectivity index (χ2v) is 5.11. The second-order valence-electron chi connectivity index (χ2n) is 4.27. The molecule has 7 heteroatoms. The number of benzene rings is 1. The number of halogens is 3. The molecule has 0 radical (unpaired) electrons. The molecule has 1 unspecified atom stereocenters. The fourth-order valence-electron chi connectivity index (χ4n) is 1.69. The van der Waals surface area contributed by atoms with Crippen LogP contribution in [-0.4, -0.2) is 12.4 Å². The van der Waals surface area contributed by atoms with Crippen LogP contribution < -0.4 is 10.0 Å². The summed E-state index contributed by atoms with van der Waals surface area (Å²) in [5.41, 5.74) is -0.00537. The first-order valence-electron chi connectivity index (χ1n) is 5.89. The normalized spacial score (nSPS) is 15.6. The van der Waals surface area contributed by atoms with Crippen LogP contribution in [0, 0.1) is 0 Å². The first-order chi connectivity index (χ1) is 8.93. The molecule has 3 nitrogen and oxygen atoms in total. The molecule has 0 saturated carbocycles. The molecule has 0 saturated heterocycles. The van der Waals surface area contributed by atoms with Gasteiger partial charge in [-0.3, -0.25) is 0 Å². The van der Waals surface area contributed by atoms with Gasteiger partial charge in [0.05, 0.1) is 28.2 Å². The maximum atomic E-state index is 13.1. The predicted octanol–water partition coefficient (Wildman–Crippen LogP) is 4.19. The Balaban J connectivity index is 2.53. The van der Waals surface area contributed by atoms with Crippen molar-refractivity contribution in [2.45, 2.75) is 37.4 Å². The minimum atomic E-state index is -4.38. The summed E-state index contributed by atoms with van der Waals surface area (Å²) in [6.07, 6.45) is -2.18. The predicted molar refractivity (Wildman–Crippen MR) is 72.0 cm³/mol. The molecule has 2 rings (SSSR count). The first kappa shape index (κ1) is 14.0. The van der Waals surface area contributed by atoms with Crippen molar-refractivity contribution in [1.29, 1.82) is 0 Å². The van der Waals surface area contributed by atoms with Crippen LogP contribution in [-0.2, 0) is 6.18 Å². The van der Waals surface area contributed by atoms with E-state index in [1.165, 1.54) is 12.4 Å². The van der Waals surface area contributed by atoms with Gasteiger partial charge in [-0.2, -0.15) is 13.2 Å². The van der Waals surface area contributed by atoms with E-state index >= 15 is 0 Å². The zero-order valence-corrected chi connectivity index (χ0v) is 11.3. The fraction of sp³-hybridized carbons (Fsp3) is 0.417. The molecule has 2 N–H and O–H groups in total. The molecule has 0 aromatic heterocycles. The van der Waals surface area contributed by atoms with E-state index in [2.05, 4.69) is 15.0 Å². The van der Waals surface area contributed by atoms with E-state index < -0.39 is 11.7 Å². The fourth-order valence-corrected chi connectivity index (χ4v) is 2.41. The molecular formula is C12H14F3N3S. The van der Waals surface area contributed by atoms with Gasteiger partial charge in [-0.05, 0) is 37.4 Å². The number of alkyl halides is 3. The van der Waals surface area contributed by atoms with Crippen molar-refractivity contribution in [1.82, 2.24) is 4.72 Å². The summed E-state index contributed by atoms with van der Waals surface area (Å²) in [6.45, 7) is 3.77. The van der Waals surface area contributed by atoms with Crippen LogP contribution in [0.1, 0.15) is 25.8 Å². The van der Waals surface area contributed by atoms with Crippen molar-refractivity contribution in [3.63, 3.8) is 0 Å². The van der Waals surface area contributed by atoms with Gasteiger partial charge in [0, 0.05) is 6.04 Å². The third kappa shape index (κ3) is 2.97. The number of aliphatic imine (C=N–C) groups is 1. The number of nitrogens with zero attached hydrogens (tertiary/aromatic N) is 1. The van der Waals surface area contributed by atoms with Crippen molar-refractivity contribution < 1.29 is 13.2 Å². The molecule has 1 aliphatic rings. The van der Waals surface area contributed by atoms with Crippen LogP contribution >= 0.6 is 11.9 Å². The van der Waals surface area contributed by atoms with Crippen LogP contribution in [0.15, 0.2) is 22.0 Å². The topological polar surface area (TPSA) is 36.4 Å². The summed E-state index contributed by atoms with van der Waals surface area (Å²) in [5, 5.41) is 2.94. The molecule has 1 aliphatic heterocycles. The van der Waals surface area contributed by atoms with Crippen molar-refractivity contribution in [3.05, 3.63) is 17.7 Å². The lowest BCUT2D eigenvalue weighted by molar-refractivity contribution is -0.137. The lowest BCUT2D eigenvalue weighted by atomic mass is 10.1. The third-order valence-electron chi connectivity index (χ3n) is 2.86. The maximum absolute atomic E-state index is 13.1. The lowest BCUT2D eigenvalue weighted by Gasteiger charge is -2.23. The van der Waals surface area contributed by atoms with Gasteiger partial charge in [0.1, 0.15) is 0 Å².